The molecule has 1 N–H and O–H groups in total. The maximum absolute atomic E-state index is 12.6. The number of anilines is 2. The number of fused-ring (bicyclic) bond motifs is 1. The van der Waals surface area contributed by atoms with Crippen LogP contribution in [0.25, 0.3) is 0 Å². The van der Waals surface area contributed by atoms with E-state index in [9.17, 15) is 4.79 Å². The van der Waals surface area contributed by atoms with E-state index in [4.69, 9.17) is 4.42 Å². The highest BCUT2D eigenvalue weighted by atomic mass is 79.9. The Morgan fingerprint density at radius 1 is 1.19 bits per heavy atom. The standard InChI is InChI=1S/C20H19BrN2O2S/c1-12-18(19(21)13(2)25-12)20(24)22-15-3-5-16(6-4-15)23-9-7-17-14(11-23)8-10-26-17/h3-6,8,10H,7,9,11H2,1-2H3,(H,22,24). The van der Waals surface area contributed by atoms with E-state index < -0.39 is 0 Å². The third-order valence-corrected chi connectivity index (χ3v) is 6.69. The van der Waals surface area contributed by atoms with Gasteiger partial charge in [0.15, 0.2) is 0 Å². The van der Waals surface area contributed by atoms with Gasteiger partial charge in [-0.25, -0.2) is 0 Å². The van der Waals surface area contributed by atoms with Crippen LogP contribution in [-0.4, -0.2) is 12.5 Å². The molecule has 1 amide bonds. The number of hydrogen-bond acceptors (Lipinski definition) is 4. The Balaban J connectivity index is 1.47. The van der Waals surface area contributed by atoms with Crippen molar-refractivity contribution >= 4 is 44.5 Å². The third-order valence-electron chi connectivity index (χ3n) is 4.71. The van der Waals surface area contributed by atoms with Crippen molar-refractivity contribution in [3.8, 4) is 0 Å². The number of carbonyl (C=O) groups excluding carboxylic acids is 1. The number of furan rings is 1. The van der Waals surface area contributed by atoms with Gasteiger partial charge in [-0.2, -0.15) is 0 Å². The lowest BCUT2D eigenvalue weighted by Gasteiger charge is -2.29. The highest BCUT2D eigenvalue weighted by molar-refractivity contribution is 9.10. The fourth-order valence-corrected chi connectivity index (χ4v) is 4.76. The van der Waals surface area contributed by atoms with Gasteiger partial charge in [0, 0.05) is 29.3 Å². The third kappa shape index (κ3) is 3.19. The second-order valence-electron chi connectivity index (χ2n) is 6.44. The number of rotatable bonds is 3. The first kappa shape index (κ1) is 17.4. The number of aryl methyl sites for hydroxylation is 2. The van der Waals surface area contributed by atoms with Crippen LogP contribution in [0.5, 0.6) is 0 Å². The van der Waals surface area contributed by atoms with Gasteiger partial charge >= 0.3 is 0 Å². The quantitative estimate of drug-likeness (QED) is 0.593. The Bertz CT molecular complexity index is 959. The fourth-order valence-electron chi connectivity index (χ4n) is 3.33. The molecule has 0 unspecified atom stereocenters. The molecule has 0 aliphatic carbocycles. The van der Waals surface area contributed by atoms with Gasteiger partial charge in [0.2, 0.25) is 0 Å². The molecule has 1 aliphatic rings. The van der Waals surface area contributed by atoms with Crippen molar-refractivity contribution in [1.29, 1.82) is 0 Å². The van der Waals surface area contributed by atoms with Crippen LogP contribution in [0, 0.1) is 13.8 Å². The highest BCUT2D eigenvalue weighted by Gasteiger charge is 2.20. The zero-order valence-corrected chi connectivity index (χ0v) is 17.0. The zero-order valence-electron chi connectivity index (χ0n) is 14.6. The highest BCUT2D eigenvalue weighted by Crippen LogP contribution is 2.30. The molecule has 0 spiro atoms. The summed E-state index contributed by atoms with van der Waals surface area (Å²) in [5.74, 6) is 1.16. The van der Waals surface area contributed by atoms with Crippen molar-refractivity contribution in [2.75, 3.05) is 16.8 Å². The lowest BCUT2D eigenvalue weighted by Crippen LogP contribution is -2.29. The number of nitrogens with one attached hydrogen (secondary N) is 1. The Kier molecular flexibility index (Phi) is 4.63. The van der Waals surface area contributed by atoms with E-state index in [-0.39, 0.29) is 5.91 Å². The van der Waals surface area contributed by atoms with Gasteiger partial charge in [-0.1, -0.05) is 0 Å². The molecule has 2 aromatic heterocycles. The van der Waals surface area contributed by atoms with E-state index in [0.29, 0.717) is 21.6 Å². The average molecular weight is 431 g/mol. The van der Waals surface area contributed by atoms with E-state index in [2.05, 4.69) is 49.7 Å². The van der Waals surface area contributed by atoms with Crippen molar-refractivity contribution in [3.05, 3.63) is 67.7 Å². The Morgan fingerprint density at radius 3 is 2.65 bits per heavy atom. The number of hydrogen-bond donors (Lipinski definition) is 1. The molecule has 0 radical (unpaired) electrons. The molecule has 3 aromatic rings. The molecule has 26 heavy (non-hydrogen) atoms. The summed E-state index contributed by atoms with van der Waals surface area (Å²) < 4.78 is 6.22. The van der Waals surface area contributed by atoms with Crippen LogP contribution in [-0.2, 0) is 13.0 Å². The molecule has 0 bridgehead atoms. The summed E-state index contributed by atoms with van der Waals surface area (Å²) in [6.07, 6.45) is 1.10. The van der Waals surface area contributed by atoms with Crippen LogP contribution in [0.4, 0.5) is 11.4 Å². The fraction of sp³-hybridized carbons (Fsp3) is 0.250. The minimum Gasteiger partial charge on any atom is -0.465 e. The SMILES string of the molecule is Cc1oc(C)c(C(=O)Nc2ccc(N3CCc4sccc4C3)cc2)c1Br. The summed E-state index contributed by atoms with van der Waals surface area (Å²) in [5, 5.41) is 5.12. The predicted octanol–water partition coefficient (Wildman–Crippen LogP) is 5.54. The van der Waals surface area contributed by atoms with Gasteiger partial charge in [0.1, 0.15) is 11.5 Å². The summed E-state index contributed by atoms with van der Waals surface area (Å²) >= 11 is 5.28. The molecule has 3 heterocycles. The maximum Gasteiger partial charge on any atom is 0.260 e. The van der Waals surface area contributed by atoms with Crippen LogP contribution >= 0.6 is 27.3 Å². The Labute approximate surface area is 165 Å². The molecular formula is C20H19BrN2O2S. The zero-order chi connectivity index (χ0) is 18.3. The Morgan fingerprint density at radius 2 is 1.96 bits per heavy atom. The first-order chi connectivity index (χ1) is 12.5. The molecule has 134 valence electrons. The number of nitrogens with zero attached hydrogens (tertiary/aromatic N) is 1. The van der Waals surface area contributed by atoms with Crippen molar-refractivity contribution in [3.63, 3.8) is 0 Å². The molecule has 1 aliphatic heterocycles. The lowest BCUT2D eigenvalue weighted by atomic mass is 10.1. The van der Waals surface area contributed by atoms with Crippen LogP contribution in [0.1, 0.15) is 32.3 Å². The van der Waals surface area contributed by atoms with Crippen LogP contribution in [0.3, 0.4) is 0 Å². The van der Waals surface area contributed by atoms with E-state index in [1.165, 1.54) is 16.1 Å². The summed E-state index contributed by atoms with van der Waals surface area (Å²) in [5.41, 5.74) is 3.93. The molecule has 6 heteroatoms. The molecule has 0 fully saturated rings. The van der Waals surface area contributed by atoms with E-state index in [1.54, 1.807) is 6.92 Å². The smallest absolute Gasteiger partial charge is 0.260 e. The molecule has 4 rings (SSSR count). The summed E-state index contributed by atoms with van der Waals surface area (Å²) in [6.45, 7) is 5.61. The lowest BCUT2D eigenvalue weighted by molar-refractivity contribution is 0.102. The van der Waals surface area contributed by atoms with Gasteiger partial charge in [-0.05, 0) is 77.5 Å². The Hall–Kier alpha value is -2.05. The maximum atomic E-state index is 12.6. The van der Waals surface area contributed by atoms with Crippen molar-refractivity contribution in [2.24, 2.45) is 0 Å². The second-order valence-corrected chi connectivity index (χ2v) is 8.24. The number of amides is 1. The monoisotopic (exact) mass is 430 g/mol. The first-order valence-corrected chi connectivity index (χ1v) is 10.2. The van der Waals surface area contributed by atoms with Gasteiger partial charge < -0.3 is 14.6 Å². The van der Waals surface area contributed by atoms with E-state index in [1.807, 2.05) is 30.4 Å². The van der Waals surface area contributed by atoms with Crippen LogP contribution in [0.2, 0.25) is 0 Å². The van der Waals surface area contributed by atoms with Gasteiger partial charge in [0.25, 0.3) is 5.91 Å². The molecule has 4 nitrogen and oxygen atoms in total. The first-order valence-electron chi connectivity index (χ1n) is 8.50. The molecule has 0 saturated heterocycles. The molecular weight excluding hydrogens is 412 g/mol. The number of carbonyl (C=O) groups is 1. The normalized spacial score (nSPS) is 13.6. The number of halogens is 1. The predicted molar refractivity (Wildman–Crippen MR) is 109 cm³/mol. The summed E-state index contributed by atoms with van der Waals surface area (Å²) in [6, 6.07) is 10.2. The van der Waals surface area contributed by atoms with Crippen LogP contribution in [0.15, 0.2) is 44.6 Å². The largest absolute Gasteiger partial charge is 0.465 e. The molecule has 1 aromatic carbocycles. The molecule has 0 atom stereocenters. The average Bonchev–Trinajstić information content (AvgIpc) is 3.19. The summed E-state index contributed by atoms with van der Waals surface area (Å²) in [7, 11) is 0. The number of benzene rings is 1. The van der Waals surface area contributed by atoms with Gasteiger partial charge in [-0.15, -0.1) is 11.3 Å². The van der Waals surface area contributed by atoms with Gasteiger partial charge in [-0.3, -0.25) is 4.79 Å². The van der Waals surface area contributed by atoms with Crippen LogP contribution < -0.4 is 10.2 Å². The van der Waals surface area contributed by atoms with Crippen molar-refractivity contribution in [2.45, 2.75) is 26.8 Å². The van der Waals surface area contributed by atoms with Gasteiger partial charge in [0.05, 0.1) is 10.0 Å². The minimum absolute atomic E-state index is 0.167. The van der Waals surface area contributed by atoms with E-state index >= 15 is 0 Å². The topological polar surface area (TPSA) is 45.5 Å². The summed E-state index contributed by atoms with van der Waals surface area (Å²) in [4.78, 5) is 16.4. The van der Waals surface area contributed by atoms with Crippen molar-refractivity contribution in [1.82, 2.24) is 0 Å². The van der Waals surface area contributed by atoms with E-state index in [0.717, 1.165) is 25.2 Å². The minimum atomic E-state index is -0.167. The second kappa shape index (κ2) is 6.93. The number of thiophene rings is 1. The molecule has 0 saturated carbocycles. The van der Waals surface area contributed by atoms with Crippen molar-refractivity contribution < 1.29 is 9.21 Å².